The minimum absolute atomic E-state index is 0. The van der Waals surface area contributed by atoms with Crippen molar-refractivity contribution in [3.8, 4) is 51.7 Å². The predicted octanol–water partition coefficient (Wildman–Crippen LogP) is -2.05. The van der Waals surface area contributed by atoms with Crippen LogP contribution in [0.1, 0.15) is 62.1 Å². The van der Waals surface area contributed by atoms with E-state index in [0.29, 0.717) is 0 Å². The number of carboxylic acid groups (broad SMARTS) is 6. The molecule has 29 nitrogen and oxygen atoms in total. The molecule has 0 aliphatic rings. The molecule has 8 aromatic rings. The Hall–Kier alpha value is -10.3. The van der Waals surface area contributed by atoms with Gasteiger partial charge in [-0.3, -0.25) is 14.4 Å². The first-order valence-corrected chi connectivity index (χ1v) is 22.9. The van der Waals surface area contributed by atoms with Crippen molar-refractivity contribution in [3.05, 3.63) is 282 Å². The van der Waals surface area contributed by atoms with Crippen LogP contribution in [0, 0.1) is 76.3 Å². The van der Waals surface area contributed by atoms with Crippen LogP contribution >= 0.6 is 0 Å². The van der Waals surface area contributed by atoms with E-state index in [2.05, 4.69) is 0 Å². The minimum atomic E-state index is -1.37. The molecule has 2 radical (unpaired) electrons. The molecule has 0 saturated carbocycles. The fraction of sp³-hybridized carbons (Fsp3) is 0. The van der Waals surface area contributed by atoms with E-state index in [-0.39, 0.29) is 137 Å². The molecular weight excluding hydrogens is 1510 g/mol. The fourth-order valence-electron chi connectivity index (χ4n) is 5.08. The molecule has 486 valence electrons. The van der Waals surface area contributed by atoms with Gasteiger partial charge in [-0.15, -0.1) is 0 Å². The molecule has 18 N–H and O–H groups in total. The van der Waals surface area contributed by atoms with Gasteiger partial charge in [0.25, 0.3) is 0 Å². The molecule has 0 fully saturated rings. The molecule has 8 rings (SSSR count). The number of carboxylic acids is 6. The summed E-state index contributed by atoms with van der Waals surface area (Å²) < 4.78 is 0. The second-order valence-electron chi connectivity index (χ2n) is 15.3. The van der Waals surface area contributed by atoms with E-state index in [1.165, 1.54) is 72.8 Å². The van der Waals surface area contributed by atoms with Gasteiger partial charge in [0.05, 0.1) is 33.4 Å². The van der Waals surface area contributed by atoms with E-state index in [1.54, 1.807) is 109 Å². The maximum Gasteiger partial charge on any atom is 3.00 e. The number of carbonyl (C=O) groups is 6. The van der Waals surface area contributed by atoms with Crippen LogP contribution < -0.4 is 62.2 Å². The standard InChI is InChI=1S/2C9H6O6.6C7H6O2.2Dy.5H2O/c2*10-7(11)4-1-5(8(12)13)3-6(2-4)9(14)15;6*8-6-4-2-1-3-5-7(6)9;;;;;;;/h2*1-3H,(H,10,11)(H,12,13)(H,14,15);3*1-5H,(H,8,9);3*1-5,8H;;;5*1H2/q;;;;;;;;2*+3;;;;;/p-4. The maximum atomic E-state index is 10.6. The number of hydrogen-bond donors (Lipinski definition) is 6. The molecule has 91 heavy (non-hydrogen) atoms. The van der Waals surface area contributed by atoms with Crippen molar-refractivity contribution in [2.75, 3.05) is 0 Å². The average Bonchev–Trinajstić information content (AvgIpc) is 1.98. The Morgan fingerprint density at radius 3 is 0.604 bits per heavy atom. The van der Waals surface area contributed by atoms with Crippen LogP contribution in [0.4, 0.5) is 0 Å². The number of rotatable bonds is 6. The Balaban J connectivity index is -0.000000177. The quantitative estimate of drug-likeness (QED) is 0.0771. The van der Waals surface area contributed by atoms with Crippen LogP contribution in [0.25, 0.3) is 0 Å². The van der Waals surface area contributed by atoms with Gasteiger partial charge in [0, 0.05) is 125 Å². The number of benzene rings is 2. The normalized spacial score (nSPS) is 8.44. The van der Waals surface area contributed by atoms with E-state index in [9.17, 15) is 89.1 Å². The monoisotopic (exact) mass is 1570 g/mol. The summed E-state index contributed by atoms with van der Waals surface area (Å²) in [5.74, 6) is -12.4. The molecule has 0 spiro atoms. The summed E-state index contributed by atoms with van der Waals surface area (Å²) in [6.45, 7) is 0. The molecule has 0 atom stereocenters. The third-order valence-electron chi connectivity index (χ3n) is 9.11. The Bertz CT molecular complexity index is 3210. The Labute approximate surface area is 574 Å². The van der Waals surface area contributed by atoms with Gasteiger partial charge in [0.15, 0.2) is 16.3 Å². The van der Waals surface area contributed by atoms with Crippen molar-refractivity contribution in [1.82, 2.24) is 0 Å². The van der Waals surface area contributed by atoms with Gasteiger partial charge in [-0.2, -0.15) is 0 Å². The van der Waals surface area contributed by atoms with Crippen LogP contribution in [0.2, 0.25) is 0 Å². The van der Waals surface area contributed by atoms with Crippen molar-refractivity contribution in [1.29, 1.82) is 0 Å². The van der Waals surface area contributed by atoms with Gasteiger partial charge >= 0.3 is 112 Å². The first-order chi connectivity index (χ1) is 39.7. The first kappa shape index (κ1) is 94.4. The third-order valence-corrected chi connectivity index (χ3v) is 9.11. The molecule has 0 bridgehead atoms. The Kier molecular flexibility index (Phi) is 53.7. The zero-order chi connectivity index (χ0) is 63.3. The predicted molar refractivity (Wildman–Crippen MR) is 301 cm³/mol. The van der Waals surface area contributed by atoms with Crippen LogP contribution in [0.15, 0.2) is 233 Å². The van der Waals surface area contributed by atoms with E-state index < -0.39 is 104 Å². The fourth-order valence-corrected chi connectivity index (χ4v) is 5.08. The molecule has 31 heteroatoms. The zero-order valence-corrected chi connectivity index (χ0v) is 50.2. The summed E-state index contributed by atoms with van der Waals surface area (Å²) in [6.07, 6.45) is 0. The molecule has 0 unspecified atom stereocenters. The van der Waals surface area contributed by atoms with Gasteiger partial charge < -0.3 is 104 Å². The molecule has 0 aliphatic carbocycles. The van der Waals surface area contributed by atoms with Gasteiger partial charge in [0.2, 0.25) is 0 Å². The summed E-state index contributed by atoms with van der Waals surface area (Å²) in [6, 6.07) is 48.8. The number of aromatic carboxylic acids is 6. The Morgan fingerprint density at radius 2 is 0.429 bits per heavy atom. The maximum absolute atomic E-state index is 10.6. The molecule has 0 saturated heterocycles. The van der Waals surface area contributed by atoms with E-state index in [0.717, 1.165) is 36.4 Å². The molecule has 0 aromatic heterocycles. The van der Waals surface area contributed by atoms with Gasteiger partial charge in [-0.25, -0.2) is 28.8 Å². The van der Waals surface area contributed by atoms with Crippen LogP contribution in [-0.4, -0.2) is 82.9 Å². The van der Waals surface area contributed by atoms with Crippen LogP contribution in [0.3, 0.4) is 0 Å². The smallest absolute Gasteiger partial charge is 0.870 e. The van der Waals surface area contributed by atoms with E-state index in [4.69, 9.17) is 30.6 Å². The summed E-state index contributed by atoms with van der Waals surface area (Å²) in [5.41, 5.74) is -3.58. The van der Waals surface area contributed by atoms with E-state index >= 15 is 0 Å². The largest absolute Gasteiger partial charge is 3.00 e. The molecule has 0 aliphatic heterocycles. The van der Waals surface area contributed by atoms with Crippen molar-refractivity contribution in [3.63, 3.8) is 0 Å². The second kappa shape index (κ2) is 51.8. The molecule has 0 heterocycles. The van der Waals surface area contributed by atoms with E-state index in [1.807, 2.05) is 0 Å². The van der Waals surface area contributed by atoms with Crippen molar-refractivity contribution < 1.29 is 209 Å². The topological polar surface area (TPSA) is 643 Å². The van der Waals surface area contributed by atoms with Gasteiger partial charge in [-0.1, -0.05) is 90.0 Å². The van der Waals surface area contributed by atoms with Crippen molar-refractivity contribution in [2.24, 2.45) is 0 Å². The number of hydrogen-bond acceptors (Lipinski definition) is 18. The minimum Gasteiger partial charge on any atom is -0.870 e. The zero-order valence-electron chi connectivity index (χ0n) is 46.1. The summed E-state index contributed by atoms with van der Waals surface area (Å²) in [7, 11) is 0. The molecular formula is C60H54Dy2O29+2. The van der Waals surface area contributed by atoms with Gasteiger partial charge in [0.1, 0.15) is 0 Å². The van der Waals surface area contributed by atoms with Gasteiger partial charge in [-0.05, 0) is 54.6 Å². The van der Waals surface area contributed by atoms with Crippen molar-refractivity contribution >= 4 is 35.8 Å². The summed E-state index contributed by atoms with van der Waals surface area (Å²) >= 11 is 0. The SMILES string of the molecule is O.O.O.O=C(O)c1cc(C(=O)O)cc(C(=O)O)c1.O=C(O)c1cc(C(=O)O)cc(C(=O)O)c1.O=c1cccccc1[O-].O=c1cccccc1[O-].O=c1cccccc1[O-].[Dy+3].[Dy+3].[O-]c1ccccc[c+]1[O-].[O-]c1ccccc[c+]1[O-].[O-]c1ccccc[c+]1[O-].[OH3+].[OH3+]. The molecule has 8 aromatic carbocycles. The van der Waals surface area contributed by atoms with Crippen molar-refractivity contribution in [2.45, 2.75) is 0 Å². The third kappa shape index (κ3) is 40.0. The average molecular weight is 1560 g/mol. The summed E-state index contributed by atoms with van der Waals surface area (Å²) in [4.78, 5) is 94.9. The molecule has 0 amide bonds. The Morgan fingerprint density at radius 1 is 0.275 bits per heavy atom. The summed E-state index contributed by atoms with van der Waals surface area (Å²) in [5, 5.41) is 146. The van der Waals surface area contributed by atoms with Crippen LogP contribution in [0.5, 0.6) is 51.7 Å². The van der Waals surface area contributed by atoms with Crippen LogP contribution in [-0.2, 0) is 11.0 Å². The second-order valence-corrected chi connectivity index (χ2v) is 15.3. The first-order valence-electron chi connectivity index (χ1n) is 22.9.